The summed E-state index contributed by atoms with van der Waals surface area (Å²) in [6.45, 7) is 6.23. The number of hydrogen-bond acceptors (Lipinski definition) is 2. The van der Waals surface area contributed by atoms with Gasteiger partial charge in [-0.3, -0.25) is 0 Å². The van der Waals surface area contributed by atoms with E-state index in [0.717, 1.165) is 6.61 Å². The molecule has 0 aliphatic carbocycles. The quantitative estimate of drug-likeness (QED) is 0.678. The normalized spacial score (nSPS) is 25.9. The topological polar surface area (TPSA) is 21.3 Å². The summed E-state index contributed by atoms with van der Waals surface area (Å²) in [5.41, 5.74) is 0. The fourth-order valence-electron chi connectivity index (χ4n) is 1.37. The molecule has 1 fully saturated rings. The predicted molar refractivity (Wildman–Crippen MR) is 48.8 cm³/mol. The summed E-state index contributed by atoms with van der Waals surface area (Å²) >= 11 is 0. The molecular formula is C9H21NO. The Morgan fingerprint density at radius 1 is 1.55 bits per heavy atom. The molecule has 0 spiro atoms. The van der Waals surface area contributed by atoms with E-state index in [1.54, 1.807) is 0 Å². The van der Waals surface area contributed by atoms with Gasteiger partial charge in [0.15, 0.2) is 0 Å². The van der Waals surface area contributed by atoms with Crippen LogP contribution in [-0.4, -0.2) is 25.3 Å². The Morgan fingerprint density at radius 2 is 2.36 bits per heavy atom. The van der Waals surface area contributed by atoms with E-state index in [1.807, 2.05) is 0 Å². The van der Waals surface area contributed by atoms with E-state index in [0.29, 0.717) is 12.1 Å². The summed E-state index contributed by atoms with van der Waals surface area (Å²) in [6, 6.07) is 0.617. The van der Waals surface area contributed by atoms with Gasteiger partial charge in [0, 0.05) is 7.47 Å². The second-order valence-corrected chi connectivity index (χ2v) is 3.53. The number of nitrogens with one attached hydrogen (secondary N) is 1. The second-order valence-electron chi connectivity index (χ2n) is 3.53. The van der Waals surface area contributed by atoms with E-state index in [4.69, 9.17) is 4.74 Å². The van der Waals surface area contributed by atoms with Gasteiger partial charge in [0.05, 0.1) is 12.7 Å². The minimum atomic E-state index is 0. The molecule has 1 saturated heterocycles. The molecule has 0 radical (unpaired) electrons. The second kappa shape index (κ2) is 4.73. The van der Waals surface area contributed by atoms with Crippen molar-refractivity contribution in [2.45, 2.75) is 45.3 Å². The summed E-state index contributed by atoms with van der Waals surface area (Å²) in [7, 11) is 0. The van der Waals surface area contributed by atoms with E-state index in [2.05, 4.69) is 19.2 Å². The molecule has 0 aromatic heterocycles. The summed E-state index contributed by atoms with van der Waals surface area (Å²) in [4.78, 5) is 0. The zero-order chi connectivity index (χ0) is 8.10. The van der Waals surface area contributed by atoms with Crippen molar-refractivity contribution in [1.29, 1.82) is 0 Å². The fraction of sp³-hybridized carbons (Fsp3) is 1.00. The smallest absolute Gasteiger partial charge is 0.0623 e. The van der Waals surface area contributed by atoms with Crippen molar-refractivity contribution in [2.24, 2.45) is 0 Å². The van der Waals surface area contributed by atoms with E-state index in [-0.39, 0.29) is 1.43 Å². The van der Waals surface area contributed by atoms with Crippen LogP contribution in [0.5, 0.6) is 0 Å². The van der Waals surface area contributed by atoms with Crippen LogP contribution in [0.15, 0.2) is 0 Å². The summed E-state index contributed by atoms with van der Waals surface area (Å²) in [5.74, 6) is 0. The van der Waals surface area contributed by atoms with E-state index in [1.165, 1.54) is 25.8 Å². The van der Waals surface area contributed by atoms with Gasteiger partial charge in [-0.05, 0) is 33.2 Å². The van der Waals surface area contributed by atoms with Crippen LogP contribution in [0.4, 0.5) is 0 Å². The molecule has 0 saturated carbocycles. The number of rotatable bonds is 3. The average Bonchev–Trinajstić information content (AvgIpc) is 2.03. The zero-order valence-electron chi connectivity index (χ0n) is 7.60. The molecule has 0 aromatic rings. The maximum atomic E-state index is 5.52. The van der Waals surface area contributed by atoms with Crippen LogP contribution < -0.4 is 5.32 Å². The van der Waals surface area contributed by atoms with Crippen LogP contribution in [0.2, 0.25) is 0 Å². The highest BCUT2D eigenvalue weighted by molar-refractivity contribution is 4.71. The van der Waals surface area contributed by atoms with Crippen molar-refractivity contribution in [3.63, 3.8) is 0 Å². The van der Waals surface area contributed by atoms with Crippen LogP contribution in [0.25, 0.3) is 0 Å². The molecule has 1 rings (SSSR count). The highest BCUT2D eigenvalue weighted by atomic mass is 16.5. The van der Waals surface area contributed by atoms with Gasteiger partial charge in [0.2, 0.25) is 0 Å². The Kier molecular flexibility index (Phi) is 3.87. The van der Waals surface area contributed by atoms with E-state index in [9.17, 15) is 0 Å². The van der Waals surface area contributed by atoms with Crippen molar-refractivity contribution < 1.29 is 6.16 Å². The number of piperidine rings is 1. The SMILES string of the molecule is CC(C)OCC1CCCCN1.[HH]. The van der Waals surface area contributed by atoms with Gasteiger partial charge >= 0.3 is 0 Å². The predicted octanol–water partition coefficient (Wildman–Crippen LogP) is 1.80. The molecule has 1 atom stereocenters. The van der Waals surface area contributed by atoms with Crippen LogP contribution in [0.1, 0.15) is 34.5 Å². The van der Waals surface area contributed by atoms with Crippen LogP contribution in [-0.2, 0) is 4.74 Å². The van der Waals surface area contributed by atoms with Crippen molar-refractivity contribution in [3.8, 4) is 0 Å². The van der Waals surface area contributed by atoms with E-state index < -0.39 is 0 Å². The molecule has 0 bridgehead atoms. The third-order valence-corrected chi connectivity index (χ3v) is 2.04. The Balaban J connectivity index is 0.00000121. The van der Waals surface area contributed by atoms with Crippen LogP contribution in [0.3, 0.4) is 0 Å². The van der Waals surface area contributed by atoms with Crippen molar-refractivity contribution in [1.82, 2.24) is 5.32 Å². The lowest BCUT2D eigenvalue weighted by atomic mass is 10.1. The third kappa shape index (κ3) is 3.73. The monoisotopic (exact) mass is 159 g/mol. The molecule has 2 heteroatoms. The highest BCUT2D eigenvalue weighted by Crippen LogP contribution is 2.07. The summed E-state index contributed by atoms with van der Waals surface area (Å²) < 4.78 is 5.52. The van der Waals surface area contributed by atoms with Gasteiger partial charge in [0.1, 0.15) is 0 Å². The molecule has 1 unspecified atom stereocenters. The van der Waals surface area contributed by atoms with Gasteiger partial charge in [-0.2, -0.15) is 0 Å². The first-order valence-electron chi connectivity index (χ1n) is 4.64. The van der Waals surface area contributed by atoms with E-state index >= 15 is 0 Å². The largest absolute Gasteiger partial charge is 0.377 e. The van der Waals surface area contributed by atoms with Crippen molar-refractivity contribution >= 4 is 0 Å². The molecule has 1 aliphatic heterocycles. The molecule has 11 heavy (non-hydrogen) atoms. The average molecular weight is 159 g/mol. The Morgan fingerprint density at radius 3 is 2.91 bits per heavy atom. The van der Waals surface area contributed by atoms with Gasteiger partial charge in [0.25, 0.3) is 0 Å². The first-order chi connectivity index (χ1) is 5.29. The van der Waals surface area contributed by atoms with Crippen LogP contribution >= 0.6 is 0 Å². The Labute approximate surface area is 70.8 Å². The molecule has 0 aromatic carbocycles. The standard InChI is InChI=1S/C9H19NO.H2/c1-8(2)11-7-9-5-3-4-6-10-9;/h8-10H,3-7H2,1-2H3;1H. The lowest BCUT2D eigenvalue weighted by Gasteiger charge is -2.24. The molecule has 1 aliphatic rings. The Hall–Kier alpha value is -0.0800. The highest BCUT2D eigenvalue weighted by Gasteiger charge is 2.12. The maximum absolute atomic E-state index is 5.52. The third-order valence-electron chi connectivity index (χ3n) is 2.04. The van der Waals surface area contributed by atoms with Gasteiger partial charge in [-0.1, -0.05) is 6.42 Å². The van der Waals surface area contributed by atoms with Crippen LogP contribution in [0, 0.1) is 0 Å². The van der Waals surface area contributed by atoms with Crippen molar-refractivity contribution in [3.05, 3.63) is 0 Å². The number of ether oxygens (including phenoxy) is 1. The number of hydrogen-bond donors (Lipinski definition) is 1. The fourth-order valence-corrected chi connectivity index (χ4v) is 1.37. The molecule has 68 valence electrons. The summed E-state index contributed by atoms with van der Waals surface area (Å²) in [6.07, 6.45) is 4.35. The first kappa shape index (κ1) is 9.01. The zero-order valence-corrected chi connectivity index (χ0v) is 7.60. The maximum Gasteiger partial charge on any atom is 0.0623 e. The molecule has 0 amide bonds. The van der Waals surface area contributed by atoms with Gasteiger partial charge in [-0.15, -0.1) is 0 Å². The van der Waals surface area contributed by atoms with Gasteiger partial charge in [-0.25, -0.2) is 0 Å². The lowest BCUT2D eigenvalue weighted by Crippen LogP contribution is -2.38. The minimum absolute atomic E-state index is 0. The first-order valence-corrected chi connectivity index (χ1v) is 4.64. The minimum Gasteiger partial charge on any atom is -0.377 e. The molecule has 2 nitrogen and oxygen atoms in total. The van der Waals surface area contributed by atoms with Crippen molar-refractivity contribution in [2.75, 3.05) is 13.2 Å². The molecule has 1 heterocycles. The Bertz CT molecular complexity index is 103. The lowest BCUT2D eigenvalue weighted by molar-refractivity contribution is 0.0558. The molecule has 1 N–H and O–H groups in total. The molecular weight excluding hydrogens is 138 g/mol. The summed E-state index contributed by atoms with van der Waals surface area (Å²) in [5, 5.41) is 3.45. The van der Waals surface area contributed by atoms with Gasteiger partial charge < -0.3 is 10.1 Å².